The van der Waals surface area contributed by atoms with Crippen LogP contribution in [0.4, 0.5) is 14.5 Å². The van der Waals surface area contributed by atoms with Gasteiger partial charge in [-0.05, 0) is 12.1 Å². The Balaban J connectivity index is 2.24. The van der Waals surface area contributed by atoms with Crippen LogP contribution in [0.1, 0.15) is 16.1 Å². The molecule has 0 radical (unpaired) electrons. The number of H-pyrrole nitrogens is 1. The van der Waals surface area contributed by atoms with E-state index in [2.05, 4.69) is 15.5 Å². The zero-order chi connectivity index (χ0) is 14.7. The molecule has 0 spiro atoms. The molecule has 9 heteroatoms. The number of aromatic amines is 1. The van der Waals surface area contributed by atoms with Crippen molar-refractivity contribution in [1.82, 2.24) is 15.5 Å². The van der Waals surface area contributed by atoms with E-state index in [1.807, 2.05) is 0 Å². The number of carbonyl (C=O) groups excluding carboxylic acids is 1. The molecule has 0 bridgehead atoms. The van der Waals surface area contributed by atoms with Gasteiger partial charge in [0.05, 0.1) is 23.2 Å². The quantitative estimate of drug-likeness (QED) is 0.655. The highest BCUT2D eigenvalue weighted by Gasteiger charge is 2.23. The van der Waals surface area contributed by atoms with Crippen molar-refractivity contribution < 1.29 is 18.5 Å². The molecular weight excluding hydrogens is 274 g/mol. The second-order valence-electron chi connectivity index (χ2n) is 3.81. The number of carbonyl (C=O) groups is 1. The number of aromatic nitrogens is 2. The minimum atomic E-state index is -1.39. The Morgan fingerprint density at radius 1 is 1.40 bits per heavy atom. The van der Waals surface area contributed by atoms with Crippen molar-refractivity contribution in [2.24, 2.45) is 0 Å². The van der Waals surface area contributed by atoms with E-state index in [0.29, 0.717) is 17.8 Å². The van der Waals surface area contributed by atoms with Gasteiger partial charge in [0.2, 0.25) is 0 Å². The van der Waals surface area contributed by atoms with Crippen LogP contribution >= 0.6 is 0 Å². The number of nitrogens with one attached hydrogen (secondary N) is 2. The maximum absolute atomic E-state index is 13.1. The minimum absolute atomic E-state index is 0.0228. The van der Waals surface area contributed by atoms with Gasteiger partial charge in [-0.3, -0.25) is 20.0 Å². The molecule has 0 fully saturated rings. The van der Waals surface area contributed by atoms with Gasteiger partial charge in [0.1, 0.15) is 5.56 Å². The molecule has 20 heavy (non-hydrogen) atoms. The first-order valence-corrected chi connectivity index (χ1v) is 5.39. The van der Waals surface area contributed by atoms with Gasteiger partial charge in [0, 0.05) is 6.20 Å². The number of hydrogen-bond donors (Lipinski definition) is 2. The number of nitro groups is 1. The highest BCUT2D eigenvalue weighted by Crippen LogP contribution is 2.22. The second-order valence-corrected chi connectivity index (χ2v) is 3.81. The highest BCUT2D eigenvalue weighted by atomic mass is 19.2. The van der Waals surface area contributed by atoms with E-state index in [1.165, 1.54) is 6.20 Å². The van der Waals surface area contributed by atoms with Crippen molar-refractivity contribution in [2.45, 2.75) is 6.54 Å². The minimum Gasteiger partial charge on any atom is -0.346 e. The Hall–Kier alpha value is -2.84. The number of halogens is 2. The third-order valence-electron chi connectivity index (χ3n) is 2.48. The van der Waals surface area contributed by atoms with Gasteiger partial charge in [0.25, 0.3) is 11.6 Å². The van der Waals surface area contributed by atoms with E-state index >= 15 is 0 Å². The van der Waals surface area contributed by atoms with Crippen LogP contribution in [0.25, 0.3) is 0 Å². The summed E-state index contributed by atoms with van der Waals surface area (Å²) in [6.07, 6.45) is 1.46. The molecule has 1 aromatic carbocycles. The fourth-order valence-corrected chi connectivity index (χ4v) is 1.52. The zero-order valence-electron chi connectivity index (χ0n) is 9.89. The summed E-state index contributed by atoms with van der Waals surface area (Å²) in [4.78, 5) is 21.6. The normalized spacial score (nSPS) is 10.3. The maximum atomic E-state index is 13.1. The first-order chi connectivity index (χ1) is 9.49. The average Bonchev–Trinajstić information content (AvgIpc) is 2.91. The van der Waals surface area contributed by atoms with Crippen molar-refractivity contribution in [1.29, 1.82) is 0 Å². The van der Waals surface area contributed by atoms with Crippen LogP contribution in [0.2, 0.25) is 0 Å². The first kappa shape index (κ1) is 13.6. The van der Waals surface area contributed by atoms with Gasteiger partial charge in [0.15, 0.2) is 11.6 Å². The van der Waals surface area contributed by atoms with E-state index in [9.17, 15) is 23.7 Å². The van der Waals surface area contributed by atoms with E-state index in [1.54, 1.807) is 6.07 Å². The monoisotopic (exact) mass is 282 g/mol. The van der Waals surface area contributed by atoms with Crippen molar-refractivity contribution in [3.63, 3.8) is 0 Å². The third kappa shape index (κ3) is 2.76. The molecule has 7 nitrogen and oxygen atoms in total. The van der Waals surface area contributed by atoms with Gasteiger partial charge in [-0.2, -0.15) is 5.10 Å². The number of rotatable bonds is 4. The molecule has 0 aliphatic rings. The van der Waals surface area contributed by atoms with Crippen LogP contribution in [0.5, 0.6) is 0 Å². The molecule has 0 unspecified atom stereocenters. The molecule has 104 valence electrons. The number of hydrogen-bond acceptors (Lipinski definition) is 4. The van der Waals surface area contributed by atoms with Crippen LogP contribution in [-0.4, -0.2) is 21.0 Å². The number of nitro benzene ring substituents is 1. The molecule has 2 aromatic rings. The summed E-state index contributed by atoms with van der Waals surface area (Å²) >= 11 is 0. The summed E-state index contributed by atoms with van der Waals surface area (Å²) in [7, 11) is 0. The number of nitrogens with zero attached hydrogens (tertiary/aromatic N) is 2. The number of benzene rings is 1. The molecule has 0 saturated carbocycles. The van der Waals surface area contributed by atoms with Crippen LogP contribution in [0, 0.1) is 21.7 Å². The lowest BCUT2D eigenvalue weighted by atomic mass is 10.1. The lowest BCUT2D eigenvalue weighted by Gasteiger charge is -2.05. The van der Waals surface area contributed by atoms with Gasteiger partial charge in [-0.25, -0.2) is 8.78 Å². The smallest absolute Gasteiger partial charge is 0.285 e. The summed E-state index contributed by atoms with van der Waals surface area (Å²) in [5, 5.41) is 19.3. The predicted molar refractivity (Wildman–Crippen MR) is 62.8 cm³/mol. The van der Waals surface area contributed by atoms with Crippen molar-refractivity contribution >= 4 is 11.6 Å². The summed E-state index contributed by atoms with van der Waals surface area (Å²) < 4.78 is 26.1. The molecule has 1 amide bonds. The van der Waals surface area contributed by atoms with E-state index in [0.717, 1.165) is 0 Å². The van der Waals surface area contributed by atoms with Crippen molar-refractivity contribution in [3.05, 3.63) is 57.4 Å². The van der Waals surface area contributed by atoms with Gasteiger partial charge >= 0.3 is 0 Å². The first-order valence-electron chi connectivity index (χ1n) is 5.39. The van der Waals surface area contributed by atoms with Crippen LogP contribution in [-0.2, 0) is 6.54 Å². The Morgan fingerprint density at radius 3 is 2.70 bits per heavy atom. The SMILES string of the molecule is O=C(NCc1ccn[nH]1)c1cc(F)c(F)cc1[N+](=O)[O-]. The summed E-state index contributed by atoms with van der Waals surface area (Å²) in [5.41, 5.74) is -0.789. The molecule has 0 aliphatic heterocycles. The maximum Gasteiger partial charge on any atom is 0.285 e. The summed E-state index contributed by atoms with van der Waals surface area (Å²) in [6.45, 7) is 0.0228. The highest BCUT2D eigenvalue weighted by molar-refractivity contribution is 5.98. The largest absolute Gasteiger partial charge is 0.346 e. The number of amides is 1. The second kappa shape index (κ2) is 5.43. The topological polar surface area (TPSA) is 101 Å². The molecular formula is C11H8F2N4O3. The van der Waals surface area contributed by atoms with E-state index in [-0.39, 0.29) is 6.54 Å². The van der Waals surface area contributed by atoms with Crippen molar-refractivity contribution in [2.75, 3.05) is 0 Å². The van der Waals surface area contributed by atoms with E-state index in [4.69, 9.17) is 0 Å². The lowest BCUT2D eigenvalue weighted by molar-refractivity contribution is -0.385. The van der Waals surface area contributed by atoms with Crippen LogP contribution in [0.15, 0.2) is 24.4 Å². The fraction of sp³-hybridized carbons (Fsp3) is 0.0909. The standard InChI is InChI=1S/C11H8F2N4O3/c12-8-3-7(10(17(19)20)4-9(8)13)11(18)14-5-6-1-2-15-16-6/h1-4H,5H2,(H,14,18)(H,15,16). The lowest BCUT2D eigenvalue weighted by Crippen LogP contribution is -2.24. The summed E-state index contributed by atoms with van der Waals surface area (Å²) in [5.74, 6) is -3.60. The molecule has 0 saturated heterocycles. The molecule has 1 heterocycles. The molecule has 1 aromatic heterocycles. The fourth-order valence-electron chi connectivity index (χ4n) is 1.52. The van der Waals surface area contributed by atoms with Crippen LogP contribution < -0.4 is 5.32 Å². The predicted octanol–water partition coefficient (Wildman–Crippen LogP) is 1.53. The van der Waals surface area contributed by atoms with Crippen molar-refractivity contribution in [3.8, 4) is 0 Å². The summed E-state index contributed by atoms with van der Waals surface area (Å²) in [6, 6.07) is 2.45. The van der Waals surface area contributed by atoms with Gasteiger partial charge < -0.3 is 5.32 Å². The van der Waals surface area contributed by atoms with Gasteiger partial charge in [-0.1, -0.05) is 0 Å². The Morgan fingerprint density at radius 2 is 2.10 bits per heavy atom. The Bertz CT molecular complexity index is 658. The molecule has 2 rings (SSSR count). The molecule has 2 N–H and O–H groups in total. The van der Waals surface area contributed by atoms with E-state index < -0.39 is 33.7 Å². The Labute approximate surface area is 110 Å². The van der Waals surface area contributed by atoms with Gasteiger partial charge in [-0.15, -0.1) is 0 Å². The zero-order valence-corrected chi connectivity index (χ0v) is 9.89. The Kier molecular flexibility index (Phi) is 3.69. The molecule has 0 aliphatic carbocycles. The van der Waals surface area contributed by atoms with Crippen LogP contribution in [0.3, 0.4) is 0 Å². The molecule has 0 atom stereocenters. The average molecular weight is 282 g/mol. The third-order valence-corrected chi connectivity index (χ3v) is 2.48.